The summed E-state index contributed by atoms with van der Waals surface area (Å²) in [4.78, 5) is 320. The summed E-state index contributed by atoms with van der Waals surface area (Å²) in [6.45, 7) is 0.672. The minimum atomic E-state index is -2.20. The van der Waals surface area contributed by atoms with E-state index in [1.807, 2.05) is 0 Å². The van der Waals surface area contributed by atoms with Crippen LogP contribution in [-0.2, 0) is 131 Å². The van der Waals surface area contributed by atoms with Gasteiger partial charge in [0.1, 0.15) is 96.9 Å². The van der Waals surface area contributed by atoms with Crippen LogP contribution in [0.5, 0.6) is 5.75 Å². The van der Waals surface area contributed by atoms with Crippen LogP contribution in [0.2, 0.25) is 0 Å². The number of carbonyl (C=O) groups is 22. The van der Waals surface area contributed by atoms with Crippen LogP contribution in [-0.4, -0.2) is 334 Å². The Labute approximate surface area is 796 Å². The number of carbonyl (C=O) groups excluding carboxylic acids is 19. The third kappa shape index (κ3) is 30.9. The van der Waals surface area contributed by atoms with E-state index >= 15 is 33.6 Å². The van der Waals surface area contributed by atoms with Crippen molar-refractivity contribution in [1.29, 1.82) is 0 Å². The Bertz CT molecular complexity index is 5410. The average molecular weight is 1940 g/mol. The normalized spacial score (nSPS) is 24.3. The maximum atomic E-state index is 15.9. The Balaban J connectivity index is 1.23. The van der Waals surface area contributed by atoms with Gasteiger partial charge in [-0.05, 0) is 86.4 Å². The van der Waals surface area contributed by atoms with E-state index < -0.39 is 318 Å². The number of nitrogens with two attached hydrogens (primary N) is 4. The zero-order chi connectivity index (χ0) is 103. The fourth-order valence-electron chi connectivity index (χ4n) is 16.7. The van der Waals surface area contributed by atoms with Gasteiger partial charge in [-0.1, -0.05) is 88.1 Å². The molecule has 49 nitrogen and oxygen atoms in total. The van der Waals surface area contributed by atoms with Gasteiger partial charge in [-0.15, -0.1) is 0 Å². The van der Waals surface area contributed by atoms with E-state index in [1.54, 1.807) is 62.4 Å². The molecule has 0 aliphatic carbocycles. The molecule has 3 aromatic carbocycles. The van der Waals surface area contributed by atoms with Crippen molar-refractivity contribution in [3.8, 4) is 5.75 Å². The molecule has 0 unspecified atom stereocenters. The van der Waals surface area contributed by atoms with E-state index in [-0.39, 0.29) is 62.8 Å². The zero-order valence-electron chi connectivity index (χ0n) is 77.6. The SMILES string of the molecule is CCCC[C@H]1C(=O)N(C)[C@@H](CCCC)C(=O)N[C@@H](CCC(=O)O)C(=O)N[C@H](C(=O)NCC(N)=O)CNCC(=O)N[C@@H](Cc2ccc(O)cc2)C(=O)N(C)[C@@H](C)C(=O)N[C@@H](CC(N)=O)C(=O)N2CCC[C@H]2C(=O)N[C@@H](CCC(N)=O)C(=O)N[C@@H](CC(=O)O)C(=O)N2C[C@H](O)C[C@H]2C(=O)N[C@@H](Cc2c[nH]c3ccccc23)C(=O)N[C@@H](CC(N)=O)C(=O)N[C@@H](Cc2cn(CC(=O)O)c3ccccc23)C(=O)N1C. The summed E-state index contributed by atoms with van der Waals surface area (Å²) >= 11 is 0. The molecule has 49 heteroatoms. The highest BCUT2D eigenvalue weighted by Gasteiger charge is 2.47. The largest absolute Gasteiger partial charge is 0.508 e. The van der Waals surface area contributed by atoms with Crippen molar-refractivity contribution in [3.05, 3.63) is 102 Å². The molecule has 15 atom stereocenters. The van der Waals surface area contributed by atoms with E-state index in [2.05, 4.69) is 63.5 Å². The molecule has 3 aliphatic heterocycles. The number of aromatic hydroxyl groups is 1. The zero-order valence-corrected chi connectivity index (χ0v) is 77.6. The standard InChI is InChI=1S/C90H122N22O27/c1-7-9-19-65-83(132)99-56(28-30-74(120)121)80(129)106-63(78(127)97-41-72(94)118)40-95-42-73(119)98-59(32-47-23-25-50(113)26-24-47)86(135)107(4)46(3)77(126)103-61(37-71(93)117)88(137)111-31-15-22-66(111)84(133)100-55(27-29-69(91)115)79(128)105-62(38-75(122)123)89(138)112-44-51(114)35-68(112)85(134)102-57(33-48-39-96-54-18-13-11-16-52(48)54)81(130)101-58(36-70(92)116)82(131)104-60(87(136)109(6)67(20-10-8-2)90(139)108(65)5)34-49-43-110(45-76(124)125)64-21-14-12-17-53(49)64/h11-14,16-18,21,23-26,39,43,46,51,55-63,65-68,95-96,113-114H,7-10,15,19-20,22,27-38,40-42,44-45H2,1-6H3,(H2,91,115)(H2,92,116)(H2,93,117)(H2,94,118)(H,97,127)(H,98,119)(H,99,132)(H,100,133)(H,101,130)(H,102,134)(H,103,126)(H,104,131)(H,105,128)(H,106,129)(H,120,121)(H,122,123)(H,124,125)/t46-,51+,55-,56-,57-,58-,59-,60-,61-,62-,63-,65-,66-,67-,68-/m0/s1. The van der Waals surface area contributed by atoms with Crippen molar-refractivity contribution in [2.24, 2.45) is 22.9 Å². The van der Waals surface area contributed by atoms with Gasteiger partial charge in [0.15, 0.2) is 0 Å². The number of aliphatic hydroxyl groups excluding tert-OH is 1. The minimum absolute atomic E-state index is 0.0463. The molecule has 754 valence electrons. The van der Waals surface area contributed by atoms with Crippen LogP contribution in [0.1, 0.15) is 140 Å². The number of primary amides is 4. The monoisotopic (exact) mass is 1940 g/mol. The fourth-order valence-corrected chi connectivity index (χ4v) is 16.7. The third-order valence-corrected chi connectivity index (χ3v) is 24.2. The Hall–Kier alpha value is -15.2. The highest BCUT2D eigenvalue weighted by Crippen LogP contribution is 2.29. The number of unbranched alkanes of at least 4 members (excludes halogenated alkanes) is 2. The number of hydrogen-bond donors (Lipinski definition) is 21. The number of phenols is 1. The number of carboxylic acid groups (broad SMARTS) is 3. The number of amides is 19. The number of hydrogen-bond acceptors (Lipinski definition) is 25. The van der Waals surface area contributed by atoms with Crippen molar-refractivity contribution in [2.45, 2.75) is 240 Å². The van der Waals surface area contributed by atoms with Gasteiger partial charge in [0, 0.05) is 114 Å². The molecule has 3 aliphatic rings. The lowest BCUT2D eigenvalue weighted by atomic mass is 9.99. The van der Waals surface area contributed by atoms with Gasteiger partial charge in [0.05, 0.1) is 38.5 Å². The van der Waals surface area contributed by atoms with Gasteiger partial charge in [-0.3, -0.25) is 105 Å². The van der Waals surface area contributed by atoms with E-state index in [9.17, 15) is 97.5 Å². The summed E-state index contributed by atoms with van der Waals surface area (Å²) in [6.07, 6.45) is -6.24. The maximum Gasteiger partial charge on any atom is 0.323 e. The number of carboxylic acids is 3. The van der Waals surface area contributed by atoms with Crippen LogP contribution < -0.4 is 81.4 Å². The van der Waals surface area contributed by atoms with Gasteiger partial charge < -0.3 is 141 Å². The number of fused-ring (bicyclic) bond motifs is 4. The second kappa shape index (κ2) is 51.1. The Morgan fingerprint density at radius 2 is 1.00 bits per heavy atom. The summed E-state index contributed by atoms with van der Waals surface area (Å²) in [5.74, 6) is -26.6. The average Bonchev–Trinajstić information content (AvgIpc) is 1.57. The van der Waals surface area contributed by atoms with E-state index in [1.165, 1.54) is 62.2 Å². The molecule has 3 fully saturated rings. The smallest absolute Gasteiger partial charge is 0.323 e. The van der Waals surface area contributed by atoms with Crippen molar-refractivity contribution in [2.75, 3.05) is 53.9 Å². The van der Waals surface area contributed by atoms with E-state index in [0.717, 1.165) is 26.6 Å². The molecule has 0 bridgehead atoms. The Morgan fingerprint density at radius 3 is 1.63 bits per heavy atom. The number of H-pyrrole nitrogens is 1. The Kier molecular flexibility index (Phi) is 40.1. The molecule has 5 heterocycles. The molecule has 19 amide bonds. The van der Waals surface area contributed by atoms with Gasteiger partial charge in [0.25, 0.3) is 0 Å². The molecular weight excluding hydrogens is 1820 g/mol. The van der Waals surface area contributed by atoms with Gasteiger partial charge in [-0.2, -0.15) is 0 Å². The number of rotatable bonds is 29. The summed E-state index contributed by atoms with van der Waals surface area (Å²) < 4.78 is 1.34. The molecule has 0 radical (unpaired) electrons. The number of aromatic nitrogens is 2. The molecule has 25 N–H and O–H groups in total. The summed E-state index contributed by atoms with van der Waals surface area (Å²) in [6, 6.07) is -7.18. The van der Waals surface area contributed by atoms with Crippen LogP contribution in [0.15, 0.2) is 85.2 Å². The third-order valence-electron chi connectivity index (χ3n) is 24.2. The summed E-state index contributed by atoms with van der Waals surface area (Å²) in [5.41, 5.74) is 24.1. The fraction of sp³-hybridized carbons (Fsp3) is 0.511. The van der Waals surface area contributed by atoms with Crippen molar-refractivity contribution in [1.82, 2.24) is 92.5 Å². The summed E-state index contributed by atoms with van der Waals surface area (Å²) in [7, 11) is 3.53. The van der Waals surface area contributed by atoms with Crippen LogP contribution in [0, 0.1) is 0 Å². The summed E-state index contributed by atoms with van der Waals surface area (Å²) in [5, 5.41) is 79.9. The van der Waals surface area contributed by atoms with Crippen LogP contribution >= 0.6 is 0 Å². The van der Waals surface area contributed by atoms with E-state index in [4.69, 9.17) is 22.9 Å². The van der Waals surface area contributed by atoms with E-state index in [0.29, 0.717) is 50.7 Å². The highest BCUT2D eigenvalue weighted by atomic mass is 16.4. The van der Waals surface area contributed by atoms with Gasteiger partial charge >= 0.3 is 17.9 Å². The van der Waals surface area contributed by atoms with Crippen molar-refractivity contribution in [3.63, 3.8) is 0 Å². The number of aromatic amines is 1. The lowest BCUT2D eigenvalue weighted by Crippen LogP contribution is -2.61. The molecular formula is C90H122N22O27. The predicted octanol–water partition coefficient (Wildman–Crippen LogP) is -6.30. The predicted molar refractivity (Wildman–Crippen MR) is 490 cm³/mol. The molecule has 139 heavy (non-hydrogen) atoms. The maximum absolute atomic E-state index is 15.9. The number of likely N-dealkylation sites (N-methyl/N-ethyl adjacent to an activating group) is 3. The van der Waals surface area contributed by atoms with Gasteiger partial charge in [-0.25, -0.2) is 0 Å². The van der Waals surface area contributed by atoms with Crippen molar-refractivity contribution >= 4 is 152 Å². The first-order chi connectivity index (χ1) is 65.8. The lowest BCUT2D eigenvalue weighted by molar-refractivity contribution is -0.149. The van der Waals surface area contributed by atoms with Crippen molar-refractivity contribution < 1.29 is 131 Å². The molecule has 5 aromatic rings. The van der Waals surface area contributed by atoms with Gasteiger partial charge in [0.2, 0.25) is 112 Å². The molecule has 8 rings (SSSR count). The number of nitrogens with one attached hydrogen (secondary N) is 12. The molecule has 3 saturated heterocycles. The Morgan fingerprint density at radius 1 is 0.475 bits per heavy atom. The topological polar surface area (TPSA) is 750 Å². The second-order valence-corrected chi connectivity index (χ2v) is 34.6. The molecule has 0 saturated carbocycles. The lowest BCUT2D eigenvalue weighted by Gasteiger charge is -2.36. The molecule has 2 aromatic heterocycles. The van der Waals surface area contributed by atoms with Crippen LogP contribution in [0.3, 0.4) is 0 Å². The van der Waals surface area contributed by atoms with Crippen LogP contribution in [0.25, 0.3) is 21.8 Å². The number of benzene rings is 3. The number of para-hydroxylation sites is 2. The molecule has 0 spiro atoms. The number of aliphatic hydroxyl groups is 1. The number of nitrogens with zero attached hydrogens (tertiary/aromatic N) is 6. The first-order valence-corrected chi connectivity index (χ1v) is 45.3. The first-order valence-electron chi connectivity index (χ1n) is 45.3. The highest BCUT2D eigenvalue weighted by molar-refractivity contribution is 6.04. The number of aliphatic carboxylic acids is 3. The first kappa shape index (κ1) is 109. The minimum Gasteiger partial charge on any atom is -0.508 e. The van der Waals surface area contributed by atoms with Crippen LogP contribution in [0.4, 0.5) is 0 Å². The second-order valence-electron chi connectivity index (χ2n) is 34.6. The quantitative estimate of drug-likeness (QED) is 0.0212. The number of phenolic OH excluding ortho intramolecular Hbond substituents is 1.